The fourth-order valence-corrected chi connectivity index (χ4v) is 4.80. The number of amides is 2. The second-order valence-electron chi connectivity index (χ2n) is 8.57. The zero-order valence-corrected chi connectivity index (χ0v) is 17.5. The van der Waals surface area contributed by atoms with E-state index < -0.39 is 11.9 Å². The molecule has 1 aromatic carbocycles. The number of imidazole rings is 1. The molecule has 2 amide bonds. The standard InChI is InChI=1S/C22H28N4O4/c1-14(2)25-19-13-16(15-7-9-24(10-8-15)11-12-27)3-4-17(19)26(22(25)30)18-5-6-20(28)23-21(18)29/h3-4,12-15,18H,5-11H2,1-2H3,(H,23,28,29). The fraction of sp³-hybridized carbons (Fsp3) is 0.545. The summed E-state index contributed by atoms with van der Waals surface area (Å²) in [6.45, 7) is 6.17. The lowest BCUT2D eigenvalue weighted by Gasteiger charge is -2.30. The Balaban J connectivity index is 1.73. The number of hydrogen-bond acceptors (Lipinski definition) is 5. The molecule has 2 aliphatic rings. The summed E-state index contributed by atoms with van der Waals surface area (Å²) in [5.74, 6) is -0.324. The minimum absolute atomic E-state index is 0.0563. The lowest BCUT2D eigenvalue weighted by Crippen LogP contribution is -2.44. The Morgan fingerprint density at radius 2 is 1.83 bits per heavy atom. The van der Waals surface area contributed by atoms with Crippen LogP contribution in [0.3, 0.4) is 0 Å². The molecule has 160 valence electrons. The second kappa shape index (κ2) is 8.18. The first-order valence-electron chi connectivity index (χ1n) is 10.7. The van der Waals surface area contributed by atoms with Gasteiger partial charge in [-0.05, 0) is 69.8 Å². The van der Waals surface area contributed by atoms with Crippen LogP contribution in [0.1, 0.15) is 63.1 Å². The van der Waals surface area contributed by atoms with Crippen molar-refractivity contribution in [2.45, 2.75) is 57.5 Å². The lowest BCUT2D eigenvalue weighted by atomic mass is 9.89. The van der Waals surface area contributed by atoms with Gasteiger partial charge in [0.2, 0.25) is 11.8 Å². The van der Waals surface area contributed by atoms with E-state index in [9.17, 15) is 19.2 Å². The largest absolute Gasteiger partial charge is 0.330 e. The number of hydrogen-bond donors (Lipinski definition) is 1. The molecule has 0 saturated carbocycles. The molecule has 1 unspecified atom stereocenters. The van der Waals surface area contributed by atoms with E-state index in [0.29, 0.717) is 18.9 Å². The van der Waals surface area contributed by atoms with Crippen LogP contribution in [0, 0.1) is 0 Å². The van der Waals surface area contributed by atoms with Crippen LogP contribution in [-0.2, 0) is 14.4 Å². The summed E-state index contributed by atoms with van der Waals surface area (Å²) in [4.78, 5) is 50.2. The Bertz CT molecular complexity index is 1040. The Morgan fingerprint density at radius 3 is 2.47 bits per heavy atom. The van der Waals surface area contributed by atoms with Crippen molar-refractivity contribution >= 4 is 29.1 Å². The molecule has 0 aliphatic carbocycles. The van der Waals surface area contributed by atoms with Crippen LogP contribution in [0.2, 0.25) is 0 Å². The smallest absolute Gasteiger partial charge is 0.302 e. The zero-order valence-electron chi connectivity index (χ0n) is 17.5. The molecule has 8 nitrogen and oxygen atoms in total. The maximum Gasteiger partial charge on any atom is 0.330 e. The molecule has 2 aromatic rings. The molecule has 2 aliphatic heterocycles. The van der Waals surface area contributed by atoms with Crippen molar-refractivity contribution in [3.63, 3.8) is 0 Å². The molecule has 4 rings (SSSR count). The molecule has 1 atom stereocenters. The van der Waals surface area contributed by atoms with Gasteiger partial charge in [0, 0.05) is 12.5 Å². The number of nitrogens with one attached hydrogen (secondary N) is 1. The van der Waals surface area contributed by atoms with Gasteiger partial charge in [0.05, 0.1) is 17.6 Å². The van der Waals surface area contributed by atoms with Crippen LogP contribution >= 0.6 is 0 Å². The lowest BCUT2D eigenvalue weighted by molar-refractivity contribution is -0.135. The summed E-state index contributed by atoms with van der Waals surface area (Å²) in [6, 6.07) is 5.34. The minimum Gasteiger partial charge on any atom is -0.302 e. The highest BCUT2D eigenvalue weighted by molar-refractivity contribution is 6.00. The molecule has 3 heterocycles. The molecule has 1 aromatic heterocycles. The molecule has 0 radical (unpaired) electrons. The highest BCUT2D eigenvalue weighted by atomic mass is 16.2. The topological polar surface area (TPSA) is 93.4 Å². The van der Waals surface area contributed by atoms with Crippen LogP contribution in [0.25, 0.3) is 11.0 Å². The average Bonchev–Trinajstić information content (AvgIpc) is 3.00. The summed E-state index contributed by atoms with van der Waals surface area (Å²) in [7, 11) is 0. The first-order chi connectivity index (χ1) is 14.4. The number of aldehydes is 1. The van der Waals surface area contributed by atoms with Crippen molar-refractivity contribution in [1.29, 1.82) is 0 Å². The third kappa shape index (κ3) is 3.60. The number of carbonyl (C=O) groups is 3. The van der Waals surface area contributed by atoms with Gasteiger partial charge < -0.3 is 4.79 Å². The predicted molar refractivity (Wildman–Crippen MR) is 112 cm³/mol. The van der Waals surface area contributed by atoms with E-state index in [-0.39, 0.29) is 24.1 Å². The Kier molecular flexibility index (Phi) is 5.60. The van der Waals surface area contributed by atoms with Crippen molar-refractivity contribution in [2.75, 3.05) is 19.6 Å². The number of imide groups is 1. The minimum atomic E-state index is -0.671. The van der Waals surface area contributed by atoms with Gasteiger partial charge in [-0.3, -0.25) is 28.9 Å². The average molecular weight is 412 g/mol. The van der Waals surface area contributed by atoms with Gasteiger partial charge in [-0.25, -0.2) is 4.79 Å². The maximum atomic E-state index is 13.3. The third-order valence-corrected chi connectivity index (χ3v) is 6.36. The van der Waals surface area contributed by atoms with E-state index in [0.717, 1.165) is 43.3 Å². The number of carbonyl (C=O) groups excluding carboxylic acids is 3. The van der Waals surface area contributed by atoms with Gasteiger partial charge in [0.1, 0.15) is 12.3 Å². The fourth-order valence-electron chi connectivity index (χ4n) is 4.80. The van der Waals surface area contributed by atoms with Gasteiger partial charge in [-0.1, -0.05) is 6.07 Å². The number of fused-ring (bicyclic) bond motifs is 1. The Labute approximate surface area is 174 Å². The highest BCUT2D eigenvalue weighted by Gasteiger charge is 2.32. The number of rotatable bonds is 5. The van der Waals surface area contributed by atoms with Gasteiger partial charge in [0.15, 0.2) is 0 Å². The number of likely N-dealkylation sites (tertiary alicyclic amines) is 1. The van der Waals surface area contributed by atoms with E-state index in [1.807, 2.05) is 19.9 Å². The molecule has 0 bridgehead atoms. The summed E-state index contributed by atoms with van der Waals surface area (Å²) in [5.41, 5.74) is 2.52. The molecule has 2 saturated heterocycles. The summed E-state index contributed by atoms with van der Waals surface area (Å²) >= 11 is 0. The molecular formula is C22H28N4O4. The van der Waals surface area contributed by atoms with Gasteiger partial charge in [-0.2, -0.15) is 0 Å². The van der Waals surface area contributed by atoms with Crippen molar-refractivity contribution in [1.82, 2.24) is 19.4 Å². The van der Waals surface area contributed by atoms with Gasteiger partial charge in [0.25, 0.3) is 0 Å². The zero-order chi connectivity index (χ0) is 21.4. The summed E-state index contributed by atoms with van der Waals surface area (Å²) in [5, 5.41) is 2.36. The van der Waals surface area contributed by atoms with Crippen molar-refractivity contribution in [2.24, 2.45) is 0 Å². The van der Waals surface area contributed by atoms with E-state index >= 15 is 0 Å². The third-order valence-electron chi connectivity index (χ3n) is 6.36. The van der Waals surface area contributed by atoms with E-state index in [2.05, 4.69) is 22.3 Å². The van der Waals surface area contributed by atoms with E-state index in [4.69, 9.17) is 0 Å². The molecular weight excluding hydrogens is 384 g/mol. The van der Waals surface area contributed by atoms with Crippen molar-refractivity contribution < 1.29 is 14.4 Å². The van der Waals surface area contributed by atoms with E-state index in [1.165, 1.54) is 5.56 Å². The first kappa shape index (κ1) is 20.5. The van der Waals surface area contributed by atoms with Crippen molar-refractivity contribution in [3.05, 3.63) is 34.2 Å². The highest BCUT2D eigenvalue weighted by Crippen LogP contribution is 2.32. The molecule has 8 heteroatoms. The number of aromatic nitrogens is 2. The number of benzene rings is 1. The van der Waals surface area contributed by atoms with Crippen LogP contribution in [0.5, 0.6) is 0 Å². The maximum absolute atomic E-state index is 13.3. The second-order valence-corrected chi connectivity index (χ2v) is 8.57. The van der Waals surface area contributed by atoms with Crippen molar-refractivity contribution in [3.8, 4) is 0 Å². The molecule has 0 spiro atoms. The summed E-state index contributed by atoms with van der Waals surface area (Å²) in [6.07, 6.45) is 3.46. The molecule has 1 N–H and O–H groups in total. The SMILES string of the molecule is CC(C)n1c(=O)n(C2CCC(=O)NC2=O)c2ccc(C3CCN(CC=O)CC3)cc21. The van der Waals surface area contributed by atoms with Gasteiger partial charge >= 0.3 is 5.69 Å². The van der Waals surface area contributed by atoms with Crippen LogP contribution < -0.4 is 11.0 Å². The predicted octanol–water partition coefficient (Wildman–Crippen LogP) is 1.74. The quantitative estimate of drug-likeness (QED) is 0.596. The van der Waals surface area contributed by atoms with Crippen LogP contribution in [-0.4, -0.2) is 51.8 Å². The Hall–Kier alpha value is -2.74. The normalized spacial score (nSPS) is 21.4. The molecule has 2 fully saturated rings. The van der Waals surface area contributed by atoms with Gasteiger partial charge in [-0.15, -0.1) is 0 Å². The molecule has 30 heavy (non-hydrogen) atoms. The first-order valence-corrected chi connectivity index (χ1v) is 10.7. The van der Waals surface area contributed by atoms with Crippen LogP contribution in [0.15, 0.2) is 23.0 Å². The summed E-state index contributed by atoms with van der Waals surface area (Å²) < 4.78 is 3.29. The number of nitrogens with zero attached hydrogens (tertiary/aromatic N) is 3. The van der Waals surface area contributed by atoms with E-state index in [1.54, 1.807) is 9.13 Å². The number of piperidine rings is 2. The monoisotopic (exact) mass is 412 g/mol. The Morgan fingerprint density at radius 1 is 1.10 bits per heavy atom. The van der Waals surface area contributed by atoms with Crippen LogP contribution in [0.4, 0.5) is 0 Å².